The maximum atomic E-state index is 5.52. The molecule has 0 heterocycles. The van der Waals surface area contributed by atoms with Gasteiger partial charge in [-0.05, 0) is 62.7 Å². The molecule has 1 aromatic rings. The summed E-state index contributed by atoms with van der Waals surface area (Å²) in [6.07, 6.45) is 12.6. The molecule has 0 saturated carbocycles. The maximum Gasteiger partial charge on any atom is -0.00772 e. The zero-order chi connectivity index (χ0) is 14.5. The van der Waals surface area contributed by atoms with E-state index in [0.717, 1.165) is 19.5 Å². The van der Waals surface area contributed by atoms with E-state index in [0.29, 0.717) is 0 Å². The second-order valence-electron chi connectivity index (χ2n) is 5.72. The van der Waals surface area contributed by atoms with Gasteiger partial charge in [0.05, 0.1) is 0 Å². The Morgan fingerprint density at radius 1 is 0.500 bits per heavy atom. The first-order valence-corrected chi connectivity index (χ1v) is 8.34. The molecule has 0 radical (unpaired) electrons. The highest BCUT2D eigenvalue weighted by Crippen LogP contribution is 2.12. The van der Waals surface area contributed by atoms with Crippen LogP contribution in [-0.2, 0) is 12.8 Å². The lowest BCUT2D eigenvalue weighted by Crippen LogP contribution is -1.99. The van der Waals surface area contributed by atoms with Crippen LogP contribution in [0.2, 0.25) is 0 Å². The number of hydrogen-bond donors (Lipinski definition) is 2. The molecular weight excluding hydrogens is 244 g/mol. The van der Waals surface area contributed by atoms with Crippen molar-refractivity contribution in [3.8, 4) is 0 Å². The fourth-order valence-electron chi connectivity index (χ4n) is 2.53. The highest BCUT2D eigenvalue weighted by Gasteiger charge is 1.96. The largest absolute Gasteiger partial charge is 0.330 e. The Morgan fingerprint density at radius 2 is 0.850 bits per heavy atom. The van der Waals surface area contributed by atoms with Gasteiger partial charge >= 0.3 is 0 Å². The Hall–Kier alpha value is -0.860. The third-order valence-corrected chi connectivity index (χ3v) is 3.86. The van der Waals surface area contributed by atoms with E-state index >= 15 is 0 Å². The summed E-state index contributed by atoms with van der Waals surface area (Å²) in [5.74, 6) is 0. The van der Waals surface area contributed by atoms with E-state index in [9.17, 15) is 0 Å². The Kier molecular flexibility index (Phi) is 10.3. The lowest BCUT2D eigenvalue weighted by atomic mass is 10.0. The number of hydrogen-bond acceptors (Lipinski definition) is 2. The van der Waals surface area contributed by atoms with Crippen molar-refractivity contribution < 1.29 is 0 Å². The minimum Gasteiger partial charge on any atom is -0.330 e. The van der Waals surface area contributed by atoms with Crippen LogP contribution in [0.15, 0.2) is 24.3 Å². The van der Waals surface area contributed by atoms with Crippen LogP contribution < -0.4 is 11.5 Å². The molecule has 4 N–H and O–H groups in total. The highest BCUT2D eigenvalue weighted by atomic mass is 14.5. The average Bonchev–Trinajstić information content (AvgIpc) is 2.48. The molecule has 0 unspecified atom stereocenters. The molecule has 0 saturated heterocycles. The van der Waals surface area contributed by atoms with Gasteiger partial charge in [0.15, 0.2) is 0 Å². The van der Waals surface area contributed by atoms with Crippen LogP contribution in [0.4, 0.5) is 0 Å². The van der Waals surface area contributed by atoms with E-state index in [2.05, 4.69) is 24.3 Å². The van der Waals surface area contributed by atoms with Crippen LogP contribution in [0.3, 0.4) is 0 Å². The average molecular weight is 276 g/mol. The summed E-state index contributed by atoms with van der Waals surface area (Å²) in [4.78, 5) is 0. The van der Waals surface area contributed by atoms with Crippen molar-refractivity contribution in [2.45, 2.75) is 64.2 Å². The highest BCUT2D eigenvalue weighted by molar-refractivity contribution is 5.22. The molecule has 0 amide bonds. The number of nitrogens with two attached hydrogens (primary N) is 2. The van der Waals surface area contributed by atoms with Gasteiger partial charge in [0.2, 0.25) is 0 Å². The Labute approximate surface area is 124 Å². The number of unbranched alkanes of at least 4 members (excludes halogenated alkanes) is 6. The van der Waals surface area contributed by atoms with Crippen LogP contribution in [0.25, 0.3) is 0 Å². The van der Waals surface area contributed by atoms with Gasteiger partial charge in [-0.1, -0.05) is 49.9 Å². The van der Waals surface area contributed by atoms with Crippen molar-refractivity contribution in [2.24, 2.45) is 11.5 Å². The Morgan fingerprint density at radius 3 is 1.35 bits per heavy atom. The molecule has 0 spiro atoms. The topological polar surface area (TPSA) is 52.0 Å². The lowest BCUT2D eigenvalue weighted by Gasteiger charge is -2.05. The smallest absolute Gasteiger partial charge is 0.00772 e. The number of aryl methyl sites for hydroxylation is 2. The van der Waals surface area contributed by atoms with Gasteiger partial charge in [-0.3, -0.25) is 0 Å². The second-order valence-corrected chi connectivity index (χ2v) is 5.72. The summed E-state index contributed by atoms with van der Waals surface area (Å²) in [5.41, 5.74) is 13.9. The molecule has 2 nitrogen and oxygen atoms in total. The van der Waals surface area contributed by atoms with Gasteiger partial charge in [-0.25, -0.2) is 0 Å². The van der Waals surface area contributed by atoms with Gasteiger partial charge in [-0.15, -0.1) is 0 Å². The molecule has 114 valence electrons. The minimum atomic E-state index is 0.809. The molecule has 0 fully saturated rings. The van der Waals surface area contributed by atoms with Gasteiger partial charge in [-0.2, -0.15) is 0 Å². The molecule has 0 aliphatic rings. The molecule has 0 aliphatic heterocycles. The van der Waals surface area contributed by atoms with E-state index in [4.69, 9.17) is 11.5 Å². The van der Waals surface area contributed by atoms with Crippen LogP contribution in [0.1, 0.15) is 62.5 Å². The summed E-state index contributed by atoms with van der Waals surface area (Å²) in [6.45, 7) is 1.65. The van der Waals surface area contributed by atoms with Crippen molar-refractivity contribution in [1.29, 1.82) is 0 Å². The van der Waals surface area contributed by atoms with Crippen molar-refractivity contribution in [2.75, 3.05) is 13.1 Å². The molecule has 0 aliphatic carbocycles. The Bertz CT molecular complexity index is 319. The zero-order valence-electron chi connectivity index (χ0n) is 12.9. The molecule has 0 atom stereocenters. The standard InChI is InChI=1S/C18H32N2/c19-15-7-4-2-1-3-5-9-17-11-13-18(14-12-17)10-6-8-16-20/h11-14H,1-10,15-16,19-20H2. The van der Waals surface area contributed by atoms with Crippen LogP contribution in [0.5, 0.6) is 0 Å². The van der Waals surface area contributed by atoms with E-state index in [1.807, 2.05) is 0 Å². The number of benzene rings is 1. The van der Waals surface area contributed by atoms with Gasteiger partial charge in [0, 0.05) is 0 Å². The molecular formula is C18H32N2. The summed E-state index contributed by atoms with van der Waals surface area (Å²) in [5, 5.41) is 0. The van der Waals surface area contributed by atoms with Crippen LogP contribution in [-0.4, -0.2) is 13.1 Å². The first-order valence-electron chi connectivity index (χ1n) is 8.34. The second kappa shape index (κ2) is 11.9. The summed E-state index contributed by atoms with van der Waals surface area (Å²) in [7, 11) is 0. The maximum absolute atomic E-state index is 5.52. The van der Waals surface area contributed by atoms with Crippen LogP contribution in [0, 0.1) is 0 Å². The molecule has 1 aromatic carbocycles. The molecule has 1 rings (SSSR count). The number of rotatable bonds is 12. The predicted octanol–water partition coefficient (Wildman–Crippen LogP) is 3.81. The minimum absolute atomic E-state index is 0.809. The fraction of sp³-hybridized carbons (Fsp3) is 0.667. The molecule has 20 heavy (non-hydrogen) atoms. The first kappa shape index (κ1) is 17.2. The molecule has 0 aromatic heterocycles. The third kappa shape index (κ3) is 8.34. The lowest BCUT2D eigenvalue weighted by molar-refractivity contribution is 0.597. The fourth-order valence-corrected chi connectivity index (χ4v) is 2.53. The summed E-state index contributed by atoms with van der Waals surface area (Å²) in [6, 6.07) is 9.17. The van der Waals surface area contributed by atoms with Gasteiger partial charge in [0.1, 0.15) is 0 Å². The summed E-state index contributed by atoms with van der Waals surface area (Å²) >= 11 is 0. The third-order valence-electron chi connectivity index (χ3n) is 3.86. The van der Waals surface area contributed by atoms with Gasteiger partial charge < -0.3 is 11.5 Å². The molecule has 2 heteroatoms. The SMILES string of the molecule is NCCCCCCCCc1ccc(CCCCN)cc1. The predicted molar refractivity (Wildman–Crippen MR) is 88.9 cm³/mol. The Balaban J connectivity index is 2.08. The first-order chi connectivity index (χ1) is 9.86. The van der Waals surface area contributed by atoms with E-state index < -0.39 is 0 Å². The summed E-state index contributed by atoms with van der Waals surface area (Å²) < 4.78 is 0. The quantitative estimate of drug-likeness (QED) is 0.570. The van der Waals surface area contributed by atoms with Crippen molar-refractivity contribution in [1.82, 2.24) is 0 Å². The van der Waals surface area contributed by atoms with Crippen LogP contribution >= 0.6 is 0 Å². The van der Waals surface area contributed by atoms with E-state index in [1.165, 1.54) is 68.9 Å². The van der Waals surface area contributed by atoms with Gasteiger partial charge in [0.25, 0.3) is 0 Å². The van der Waals surface area contributed by atoms with Crippen molar-refractivity contribution in [3.05, 3.63) is 35.4 Å². The normalized spacial score (nSPS) is 10.9. The monoisotopic (exact) mass is 276 g/mol. The van der Waals surface area contributed by atoms with E-state index in [1.54, 1.807) is 0 Å². The van der Waals surface area contributed by atoms with Crippen molar-refractivity contribution >= 4 is 0 Å². The zero-order valence-corrected chi connectivity index (χ0v) is 12.9. The van der Waals surface area contributed by atoms with Crippen molar-refractivity contribution in [3.63, 3.8) is 0 Å². The van der Waals surface area contributed by atoms with E-state index in [-0.39, 0.29) is 0 Å². The molecule has 0 bridgehead atoms.